The molecule has 0 spiro atoms. The number of benzene rings is 2. The third-order valence-electron chi connectivity index (χ3n) is 17.6. The molecule has 0 aromatic heterocycles. The van der Waals surface area contributed by atoms with Gasteiger partial charge in [0.1, 0.15) is 11.5 Å². The maximum atomic E-state index is 13.6. The molecule has 2 saturated carbocycles. The lowest BCUT2D eigenvalue weighted by molar-refractivity contribution is -0.139. The van der Waals surface area contributed by atoms with Crippen molar-refractivity contribution in [2.45, 2.75) is 261 Å². The maximum Gasteiger partial charge on any atom is 0.261 e. The van der Waals surface area contributed by atoms with E-state index in [-0.39, 0.29) is 107 Å². The standard InChI is InChI=1S/C40H38N4O9.2C9H20.2C7H16/c45-33-13-14-34(46)41(33)19-23-5-1-3-7-25(23)21-43-37(49)29-11-9-27(17-31(29)39(43)51)53-28-10-12-30-32(18-28)40(52)44(38(30)50)22-26-8-4-2-6-24(26)20-42-35(47)15-16-36(42)48;2*1-3-5-7-9-8-6-4-2;2*1-3-5-7-6-4-2/h9-18,23-26H,1-8,19-22H2;2*3-9H2,1-2H3;2*3-7H2,1-2H3. The summed E-state index contributed by atoms with van der Waals surface area (Å²) in [6.45, 7) is 18.9. The summed E-state index contributed by atoms with van der Waals surface area (Å²) in [5.74, 6) is -2.72. The number of hydrogen-bond donors (Lipinski definition) is 0. The Morgan fingerprint density at radius 2 is 0.529 bits per heavy atom. The minimum Gasteiger partial charge on any atom is -0.457 e. The van der Waals surface area contributed by atoms with Crippen molar-refractivity contribution in [1.82, 2.24) is 19.6 Å². The fourth-order valence-electron chi connectivity index (χ4n) is 12.2. The van der Waals surface area contributed by atoms with Gasteiger partial charge in [-0.15, -0.1) is 0 Å². The smallest absolute Gasteiger partial charge is 0.261 e. The molecule has 13 heteroatoms. The maximum absolute atomic E-state index is 13.6. The van der Waals surface area contributed by atoms with E-state index in [0.717, 1.165) is 51.4 Å². The van der Waals surface area contributed by atoms with Crippen molar-refractivity contribution in [3.8, 4) is 11.5 Å². The monoisotopic (exact) mass is 1170 g/mol. The molecule has 2 fully saturated rings. The summed E-state index contributed by atoms with van der Waals surface area (Å²) in [6, 6.07) is 9.25. The van der Waals surface area contributed by atoms with Gasteiger partial charge >= 0.3 is 0 Å². The summed E-state index contributed by atoms with van der Waals surface area (Å²) in [6.07, 6.45) is 45.9. The Morgan fingerprint density at radius 1 is 0.306 bits per heavy atom. The molecular formula is C72H110N4O9. The van der Waals surface area contributed by atoms with E-state index in [1.54, 1.807) is 24.3 Å². The summed E-state index contributed by atoms with van der Waals surface area (Å²) in [7, 11) is 0. The third kappa shape index (κ3) is 23.1. The SMILES string of the molecule is CCCCCCC.CCCCCCC.CCCCCCCCC.CCCCCCCCC.O=C1C=CC(=O)N1CC1CCCCC1CN1C(=O)c2ccc(Oc3ccc4c(c3)C(=O)N(CC3CCCCC3CN3C(=O)C=CC3=O)C4=O)cc2C1=O. The molecule has 2 aliphatic carbocycles. The number of ether oxygens (including phenoxy) is 1. The highest BCUT2D eigenvalue weighted by Gasteiger charge is 2.42. The van der Waals surface area contributed by atoms with Crippen LogP contribution in [0.15, 0.2) is 60.7 Å². The van der Waals surface area contributed by atoms with Crippen LogP contribution in [0.2, 0.25) is 0 Å². The van der Waals surface area contributed by atoms with E-state index in [1.807, 2.05) is 0 Å². The molecule has 8 rings (SSSR count). The van der Waals surface area contributed by atoms with E-state index < -0.39 is 23.6 Å². The molecule has 2 aromatic rings. The van der Waals surface area contributed by atoms with Gasteiger partial charge in [-0.3, -0.25) is 58.0 Å². The minimum absolute atomic E-state index is 0.0296. The first-order chi connectivity index (χ1) is 41.2. The van der Waals surface area contributed by atoms with E-state index in [9.17, 15) is 38.4 Å². The second-order valence-electron chi connectivity index (χ2n) is 24.5. The normalized spacial score (nSPS) is 19.5. The number of imide groups is 4. The highest BCUT2D eigenvalue weighted by Crippen LogP contribution is 2.38. The van der Waals surface area contributed by atoms with Crippen molar-refractivity contribution in [3.63, 3.8) is 0 Å². The number of fused-ring (bicyclic) bond motifs is 2. The van der Waals surface area contributed by atoms with Gasteiger partial charge in [0.05, 0.1) is 22.3 Å². The van der Waals surface area contributed by atoms with Crippen LogP contribution in [0.3, 0.4) is 0 Å². The van der Waals surface area contributed by atoms with E-state index in [1.165, 1.54) is 210 Å². The minimum atomic E-state index is -0.448. The molecule has 0 N–H and O–H groups in total. The molecule has 8 amide bonds. The second kappa shape index (κ2) is 40.6. The van der Waals surface area contributed by atoms with E-state index in [2.05, 4.69) is 55.4 Å². The molecule has 472 valence electrons. The van der Waals surface area contributed by atoms with E-state index in [0.29, 0.717) is 0 Å². The molecule has 85 heavy (non-hydrogen) atoms. The Hall–Kier alpha value is -5.72. The highest BCUT2D eigenvalue weighted by atomic mass is 16.5. The third-order valence-corrected chi connectivity index (χ3v) is 17.6. The van der Waals surface area contributed by atoms with Crippen molar-refractivity contribution in [3.05, 3.63) is 83.0 Å². The number of amides is 8. The number of carbonyl (C=O) groups is 8. The van der Waals surface area contributed by atoms with Crippen LogP contribution in [-0.4, -0.2) is 93.0 Å². The van der Waals surface area contributed by atoms with Gasteiger partial charge in [0.25, 0.3) is 47.3 Å². The Morgan fingerprint density at radius 3 is 0.788 bits per heavy atom. The fourth-order valence-corrected chi connectivity index (χ4v) is 12.2. The van der Waals surface area contributed by atoms with Crippen molar-refractivity contribution >= 4 is 47.3 Å². The predicted molar refractivity (Wildman–Crippen MR) is 343 cm³/mol. The highest BCUT2D eigenvalue weighted by molar-refractivity contribution is 6.22. The molecule has 4 aliphatic heterocycles. The quantitative estimate of drug-likeness (QED) is 0.0548. The Balaban J connectivity index is 0.000000394. The van der Waals surface area contributed by atoms with Gasteiger partial charge in [0.15, 0.2) is 0 Å². The summed E-state index contributed by atoms with van der Waals surface area (Å²) < 4.78 is 6.07. The van der Waals surface area contributed by atoms with Crippen molar-refractivity contribution < 1.29 is 43.1 Å². The summed E-state index contributed by atoms with van der Waals surface area (Å²) in [5, 5.41) is 0. The van der Waals surface area contributed by atoms with Crippen LogP contribution in [0, 0.1) is 23.7 Å². The first-order valence-electron chi connectivity index (χ1n) is 34.0. The van der Waals surface area contributed by atoms with Crippen LogP contribution in [0.5, 0.6) is 11.5 Å². The molecule has 2 aromatic carbocycles. The zero-order valence-corrected chi connectivity index (χ0v) is 54.0. The lowest BCUT2D eigenvalue weighted by atomic mass is 9.78. The van der Waals surface area contributed by atoms with Crippen LogP contribution in [0.4, 0.5) is 0 Å². The molecule has 0 bridgehead atoms. The molecule has 0 radical (unpaired) electrons. The molecule has 4 unspecified atom stereocenters. The van der Waals surface area contributed by atoms with Gasteiger partial charge in [0, 0.05) is 50.5 Å². The van der Waals surface area contributed by atoms with Gasteiger partial charge in [-0.25, -0.2) is 0 Å². The molecule has 0 saturated heterocycles. The molecule has 4 atom stereocenters. The summed E-state index contributed by atoms with van der Waals surface area (Å²) >= 11 is 0. The van der Waals surface area contributed by atoms with Crippen molar-refractivity contribution in [2.75, 3.05) is 26.2 Å². The lowest BCUT2D eigenvalue weighted by Crippen LogP contribution is -2.43. The zero-order chi connectivity index (χ0) is 61.9. The zero-order valence-electron chi connectivity index (χ0n) is 54.0. The molecule has 4 heterocycles. The van der Waals surface area contributed by atoms with Crippen LogP contribution in [0.1, 0.15) is 302 Å². The van der Waals surface area contributed by atoms with Gasteiger partial charge in [-0.2, -0.15) is 0 Å². The summed E-state index contributed by atoms with van der Waals surface area (Å²) in [4.78, 5) is 108. The Labute approximate surface area is 512 Å². The van der Waals surface area contributed by atoms with Crippen molar-refractivity contribution in [2.24, 2.45) is 23.7 Å². The van der Waals surface area contributed by atoms with Crippen LogP contribution >= 0.6 is 0 Å². The van der Waals surface area contributed by atoms with Gasteiger partial charge in [0.2, 0.25) is 0 Å². The van der Waals surface area contributed by atoms with Gasteiger partial charge in [-0.1, -0.05) is 235 Å². The first kappa shape index (κ1) is 71.8. The number of hydrogen-bond acceptors (Lipinski definition) is 9. The van der Waals surface area contributed by atoms with Gasteiger partial charge < -0.3 is 4.74 Å². The van der Waals surface area contributed by atoms with E-state index in [4.69, 9.17) is 4.74 Å². The van der Waals surface area contributed by atoms with Crippen LogP contribution < -0.4 is 4.74 Å². The van der Waals surface area contributed by atoms with Crippen LogP contribution in [0.25, 0.3) is 0 Å². The number of unbranched alkanes of at least 4 members (excludes halogenated alkanes) is 20. The second-order valence-corrected chi connectivity index (χ2v) is 24.5. The molecule has 6 aliphatic rings. The average molecular weight is 1180 g/mol. The number of nitrogens with zero attached hydrogens (tertiary/aromatic N) is 4. The topological polar surface area (TPSA) is 159 Å². The lowest BCUT2D eigenvalue weighted by Gasteiger charge is -2.35. The van der Waals surface area contributed by atoms with Crippen LogP contribution in [-0.2, 0) is 19.2 Å². The van der Waals surface area contributed by atoms with Crippen molar-refractivity contribution in [1.29, 1.82) is 0 Å². The first-order valence-corrected chi connectivity index (χ1v) is 34.0. The Bertz CT molecular complexity index is 2260. The fraction of sp³-hybridized carbons (Fsp3) is 0.667. The molecule has 13 nitrogen and oxygen atoms in total. The predicted octanol–water partition coefficient (Wildman–Crippen LogP) is 17.6. The average Bonchev–Trinajstić information content (AvgIpc) is 3.40. The number of rotatable bonds is 30. The largest absolute Gasteiger partial charge is 0.457 e. The van der Waals surface area contributed by atoms with Gasteiger partial charge in [-0.05, 0) is 85.8 Å². The van der Waals surface area contributed by atoms with E-state index >= 15 is 0 Å². The summed E-state index contributed by atoms with van der Waals surface area (Å²) in [5.41, 5.74) is 0.903. The Kier molecular flexibility index (Phi) is 34.3. The number of carbonyl (C=O) groups excluding carboxylic acids is 8. The molecular weight excluding hydrogens is 1060 g/mol.